The van der Waals surface area contributed by atoms with Gasteiger partial charge in [0, 0.05) is 17.7 Å². The van der Waals surface area contributed by atoms with Gasteiger partial charge in [0.25, 0.3) is 5.69 Å². The van der Waals surface area contributed by atoms with Crippen molar-refractivity contribution in [3.05, 3.63) is 62.1 Å². The third-order valence-electron chi connectivity index (χ3n) is 3.26. The Bertz CT molecular complexity index is 698. The molecule has 21 heavy (non-hydrogen) atoms. The van der Waals surface area contributed by atoms with Gasteiger partial charge in [0.2, 0.25) is 0 Å². The molecule has 3 rings (SSSR count). The van der Waals surface area contributed by atoms with Crippen molar-refractivity contribution >= 4 is 34.6 Å². The van der Waals surface area contributed by atoms with Crippen LogP contribution in [0.5, 0.6) is 5.75 Å². The molecule has 5 nitrogen and oxygen atoms in total. The molecule has 1 aliphatic heterocycles. The SMILES string of the molecule is O=[N+]([O-])c1cc(Cl)c(NC2COc3ccccc32)c(Cl)c1. The molecule has 2 aromatic rings. The third-order valence-corrected chi connectivity index (χ3v) is 3.85. The minimum Gasteiger partial charge on any atom is -0.491 e. The molecular formula is C14H10Cl2N2O3. The van der Waals surface area contributed by atoms with Crippen LogP contribution < -0.4 is 10.1 Å². The summed E-state index contributed by atoms with van der Waals surface area (Å²) in [6, 6.07) is 10.1. The molecular weight excluding hydrogens is 315 g/mol. The zero-order valence-electron chi connectivity index (χ0n) is 10.7. The molecule has 2 aromatic carbocycles. The molecule has 0 aromatic heterocycles. The van der Waals surface area contributed by atoms with Gasteiger partial charge in [0.1, 0.15) is 12.4 Å². The minimum atomic E-state index is -0.532. The number of hydrogen-bond donors (Lipinski definition) is 1. The Kier molecular flexibility index (Phi) is 3.61. The molecule has 0 saturated heterocycles. The maximum Gasteiger partial charge on any atom is 0.272 e. The predicted molar refractivity (Wildman–Crippen MR) is 81.4 cm³/mol. The molecule has 1 heterocycles. The molecule has 0 fully saturated rings. The van der Waals surface area contributed by atoms with E-state index >= 15 is 0 Å². The number of halogens is 2. The van der Waals surface area contributed by atoms with Crippen molar-refractivity contribution < 1.29 is 9.66 Å². The lowest BCUT2D eigenvalue weighted by molar-refractivity contribution is -0.384. The van der Waals surface area contributed by atoms with Gasteiger partial charge in [-0.3, -0.25) is 10.1 Å². The Morgan fingerprint density at radius 1 is 1.24 bits per heavy atom. The largest absolute Gasteiger partial charge is 0.491 e. The molecule has 1 unspecified atom stereocenters. The highest BCUT2D eigenvalue weighted by molar-refractivity contribution is 6.39. The molecule has 1 aliphatic rings. The van der Waals surface area contributed by atoms with Crippen LogP contribution in [-0.4, -0.2) is 11.5 Å². The third kappa shape index (κ3) is 2.62. The standard InChI is InChI=1S/C14H10Cl2N2O3/c15-10-5-8(18(19)20)6-11(16)14(10)17-12-7-21-13-4-2-1-3-9(12)13/h1-6,12,17H,7H2. The van der Waals surface area contributed by atoms with Gasteiger partial charge < -0.3 is 10.1 Å². The fourth-order valence-corrected chi connectivity index (χ4v) is 2.84. The van der Waals surface area contributed by atoms with E-state index in [4.69, 9.17) is 27.9 Å². The number of nitro benzene ring substituents is 1. The Morgan fingerprint density at radius 2 is 1.90 bits per heavy atom. The number of fused-ring (bicyclic) bond motifs is 1. The number of anilines is 1. The summed E-state index contributed by atoms with van der Waals surface area (Å²) in [6.07, 6.45) is 0. The van der Waals surface area contributed by atoms with Gasteiger partial charge in [-0.2, -0.15) is 0 Å². The van der Waals surface area contributed by atoms with Crippen molar-refractivity contribution in [2.75, 3.05) is 11.9 Å². The second kappa shape index (κ2) is 5.42. The number of benzene rings is 2. The molecule has 0 radical (unpaired) electrons. The normalized spacial score (nSPS) is 16.2. The predicted octanol–water partition coefficient (Wildman–Crippen LogP) is 4.45. The van der Waals surface area contributed by atoms with E-state index in [-0.39, 0.29) is 21.8 Å². The summed E-state index contributed by atoms with van der Waals surface area (Å²) < 4.78 is 5.57. The van der Waals surface area contributed by atoms with Crippen molar-refractivity contribution in [3.63, 3.8) is 0 Å². The van der Waals surface area contributed by atoms with Crippen LogP contribution in [0.1, 0.15) is 11.6 Å². The van der Waals surface area contributed by atoms with Crippen LogP contribution in [0.3, 0.4) is 0 Å². The van der Waals surface area contributed by atoms with Crippen LogP contribution in [0.2, 0.25) is 10.0 Å². The van der Waals surface area contributed by atoms with E-state index in [1.54, 1.807) is 0 Å². The maximum atomic E-state index is 10.8. The van der Waals surface area contributed by atoms with E-state index < -0.39 is 4.92 Å². The zero-order valence-corrected chi connectivity index (χ0v) is 12.2. The number of nitrogens with one attached hydrogen (secondary N) is 1. The van der Waals surface area contributed by atoms with Crippen LogP contribution in [0.4, 0.5) is 11.4 Å². The monoisotopic (exact) mass is 324 g/mol. The van der Waals surface area contributed by atoms with E-state index in [1.165, 1.54) is 12.1 Å². The average molecular weight is 325 g/mol. The highest BCUT2D eigenvalue weighted by atomic mass is 35.5. The Labute approximate surface area is 130 Å². The van der Waals surface area contributed by atoms with Crippen molar-refractivity contribution in [2.45, 2.75) is 6.04 Å². The summed E-state index contributed by atoms with van der Waals surface area (Å²) in [7, 11) is 0. The zero-order chi connectivity index (χ0) is 15.0. The second-order valence-corrected chi connectivity index (χ2v) is 5.40. The van der Waals surface area contributed by atoms with Gasteiger partial charge in [0.05, 0.1) is 26.7 Å². The number of nitrogens with zero attached hydrogens (tertiary/aromatic N) is 1. The van der Waals surface area contributed by atoms with Crippen LogP contribution >= 0.6 is 23.2 Å². The number of ether oxygens (including phenoxy) is 1. The second-order valence-electron chi connectivity index (χ2n) is 4.59. The highest BCUT2D eigenvalue weighted by Crippen LogP contribution is 2.40. The molecule has 0 saturated carbocycles. The first-order chi connectivity index (χ1) is 10.1. The van der Waals surface area contributed by atoms with E-state index in [9.17, 15) is 10.1 Å². The first-order valence-electron chi connectivity index (χ1n) is 6.18. The van der Waals surface area contributed by atoms with Crippen molar-refractivity contribution in [1.82, 2.24) is 0 Å². The number of para-hydroxylation sites is 1. The number of nitro groups is 1. The summed E-state index contributed by atoms with van der Waals surface area (Å²) in [4.78, 5) is 10.2. The quantitative estimate of drug-likeness (QED) is 0.669. The molecule has 0 spiro atoms. The number of hydrogen-bond acceptors (Lipinski definition) is 4. The van der Waals surface area contributed by atoms with Gasteiger partial charge in [-0.15, -0.1) is 0 Å². The molecule has 108 valence electrons. The number of non-ortho nitro benzene ring substituents is 1. The van der Waals surface area contributed by atoms with E-state index in [0.29, 0.717) is 12.3 Å². The fourth-order valence-electron chi connectivity index (χ4n) is 2.26. The summed E-state index contributed by atoms with van der Waals surface area (Å²) in [5.41, 5.74) is 1.33. The summed E-state index contributed by atoms with van der Waals surface area (Å²) in [5, 5.41) is 14.4. The summed E-state index contributed by atoms with van der Waals surface area (Å²) in [6.45, 7) is 0.447. The van der Waals surface area contributed by atoms with Gasteiger partial charge in [-0.25, -0.2) is 0 Å². The lowest BCUT2D eigenvalue weighted by atomic mass is 10.1. The molecule has 0 bridgehead atoms. The van der Waals surface area contributed by atoms with E-state index in [0.717, 1.165) is 11.3 Å². The lowest BCUT2D eigenvalue weighted by Crippen LogP contribution is -2.12. The van der Waals surface area contributed by atoms with Gasteiger partial charge in [0.15, 0.2) is 0 Å². The van der Waals surface area contributed by atoms with Crippen LogP contribution in [-0.2, 0) is 0 Å². The topological polar surface area (TPSA) is 64.4 Å². The van der Waals surface area contributed by atoms with E-state index in [2.05, 4.69) is 5.32 Å². The summed E-state index contributed by atoms with van der Waals surface area (Å²) in [5.74, 6) is 0.809. The van der Waals surface area contributed by atoms with Gasteiger partial charge in [-0.05, 0) is 6.07 Å². The molecule has 0 amide bonds. The number of rotatable bonds is 3. The van der Waals surface area contributed by atoms with Crippen LogP contribution in [0.15, 0.2) is 36.4 Å². The first-order valence-corrected chi connectivity index (χ1v) is 6.93. The Balaban J connectivity index is 1.91. The van der Waals surface area contributed by atoms with Gasteiger partial charge >= 0.3 is 0 Å². The highest BCUT2D eigenvalue weighted by Gasteiger charge is 2.25. The summed E-state index contributed by atoms with van der Waals surface area (Å²) >= 11 is 12.2. The fraction of sp³-hybridized carbons (Fsp3) is 0.143. The lowest BCUT2D eigenvalue weighted by Gasteiger charge is -2.15. The molecule has 1 atom stereocenters. The van der Waals surface area contributed by atoms with Crippen LogP contribution in [0.25, 0.3) is 0 Å². The van der Waals surface area contributed by atoms with Crippen molar-refractivity contribution in [3.8, 4) is 5.75 Å². The average Bonchev–Trinajstić information content (AvgIpc) is 2.86. The van der Waals surface area contributed by atoms with Crippen molar-refractivity contribution in [1.29, 1.82) is 0 Å². The smallest absolute Gasteiger partial charge is 0.272 e. The van der Waals surface area contributed by atoms with Crippen LogP contribution in [0, 0.1) is 10.1 Å². The minimum absolute atomic E-state index is 0.0994. The van der Waals surface area contributed by atoms with Crippen molar-refractivity contribution in [2.24, 2.45) is 0 Å². The Hall–Kier alpha value is -1.98. The van der Waals surface area contributed by atoms with E-state index in [1.807, 2.05) is 24.3 Å². The molecule has 7 heteroatoms. The molecule has 1 N–H and O–H groups in total. The molecule has 0 aliphatic carbocycles. The maximum absolute atomic E-state index is 10.8. The first kappa shape index (κ1) is 14.0. The Morgan fingerprint density at radius 3 is 2.57 bits per heavy atom. The van der Waals surface area contributed by atoms with Gasteiger partial charge in [-0.1, -0.05) is 41.4 Å².